The topological polar surface area (TPSA) is 34.6 Å². The number of aromatic nitrogens is 1. The smallest absolute Gasteiger partial charge is 0.141 e. The van der Waals surface area contributed by atoms with Crippen LogP contribution in [0.4, 0.5) is 0 Å². The number of hydrogen-bond acceptors (Lipinski definition) is 4. The second kappa shape index (κ2) is 9.41. The zero-order chi connectivity index (χ0) is 21.9. The minimum atomic E-state index is 0.825. The molecule has 0 spiro atoms. The van der Waals surface area contributed by atoms with E-state index in [2.05, 4.69) is 80.4 Å². The van der Waals surface area contributed by atoms with E-state index in [1.54, 1.807) is 7.11 Å². The fourth-order valence-electron chi connectivity index (χ4n) is 4.25. The number of fused-ring (bicyclic) bond motifs is 1. The van der Waals surface area contributed by atoms with Crippen LogP contribution in [-0.2, 0) is 11.3 Å². The normalized spacial score (nSPS) is 14.6. The summed E-state index contributed by atoms with van der Waals surface area (Å²) in [5.74, 6) is 0.825. The average Bonchev–Trinajstić information content (AvgIpc) is 2.85. The SMILES string of the molecule is COc1c(-c2ccc(-c3ccc(CN4CCOCC4)cc3)cc2)cc2ccncc2c1Br. The lowest BCUT2D eigenvalue weighted by Crippen LogP contribution is -2.35. The van der Waals surface area contributed by atoms with Crippen LogP contribution in [0.1, 0.15) is 5.56 Å². The van der Waals surface area contributed by atoms with E-state index in [4.69, 9.17) is 9.47 Å². The van der Waals surface area contributed by atoms with E-state index in [1.165, 1.54) is 16.7 Å². The van der Waals surface area contributed by atoms with Gasteiger partial charge < -0.3 is 9.47 Å². The number of pyridine rings is 1. The number of halogens is 1. The maximum absolute atomic E-state index is 5.74. The summed E-state index contributed by atoms with van der Waals surface area (Å²) in [7, 11) is 1.71. The molecule has 0 bridgehead atoms. The van der Waals surface area contributed by atoms with Crippen molar-refractivity contribution in [1.29, 1.82) is 0 Å². The van der Waals surface area contributed by atoms with Crippen molar-refractivity contribution in [3.8, 4) is 28.0 Å². The van der Waals surface area contributed by atoms with Crippen LogP contribution in [0.15, 0.2) is 77.5 Å². The molecule has 0 saturated carbocycles. The summed E-state index contributed by atoms with van der Waals surface area (Å²) >= 11 is 3.71. The van der Waals surface area contributed by atoms with Crippen LogP contribution in [0, 0.1) is 0 Å². The first-order chi connectivity index (χ1) is 15.7. The van der Waals surface area contributed by atoms with E-state index in [0.717, 1.165) is 65.0 Å². The molecule has 5 heteroatoms. The Hall–Kier alpha value is -2.73. The predicted molar refractivity (Wildman–Crippen MR) is 133 cm³/mol. The summed E-state index contributed by atoms with van der Waals surface area (Å²) in [6.45, 7) is 4.66. The van der Waals surface area contributed by atoms with Crippen molar-refractivity contribution in [3.63, 3.8) is 0 Å². The van der Waals surface area contributed by atoms with Gasteiger partial charge in [0.1, 0.15) is 5.75 Å². The van der Waals surface area contributed by atoms with Crippen LogP contribution in [0.2, 0.25) is 0 Å². The van der Waals surface area contributed by atoms with E-state index in [9.17, 15) is 0 Å². The predicted octanol–water partition coefficient (Wildman–Crippen LogP) is 6.17. The van der Waals surface area contributed by atoms with Gasteiger partial charge in [0.05, 0.1) is 24.8 Å². The van der Waals surface area contributed by atoms with E-state index in [1.807, 2.05) is 18.5 Å². The molecule has 0 atom stereocenters. The molecular weight excluding hydrogens is 464 g/mol. The Bertz CT molecular complexity index is 1220. The fraction of sp³-hybridized carbons (Fsp3) is 0.222. The molecule has 1 aromatic heterocycles. The summed E-state index contributed by atoms with van der Waals surface area (Å²) in [6, 6.07) is 21.8. The van der Waals surface area contributed by atoms with Crippen molar-refractivity contribution in [1.82, 2.24) is 9.88 Å². The third-order valence-electron chi connectivity index (χ3n) is 6.03. The molecule has 0 N–H and O–H groups in total. The number of hydrogen-bond donors (Lipinski definition) is 0. The van der Waals surface area contributed by atoms with E-state index in [0.29, 0.717) is 0 Å². The van der Waals surface area contributed by atoms with Crippen LogP contribution in [0.25, 0.3) is 33.0 Å². The number of ether oxygens (including phenoxy) is 2. The molecule has 1 aliphatic heterocycles. The lowest BCUT2D eigenvalue weighted by Gasteiger charge is -2.26. The molecule has 5 rings (SSSR count). The Morgan fingerprint density at radius 1 is 0.938 bits per heavy atom. The van der Waals surface area contributed by atoms with Gasteiger partial charge in [0.25, 0.3) is 0 Å². The Balaban J connectivity index is 1.40. The summed E-state index contributed by atoms with van der Waals surface area (Å²) < 4.78 is 12.1. The van der Waals surface area contributed by atoms with Crippen molar-refractivity contribution in [2.75, 3.05) is 33.4 Å². The lowest BCUT2D eigenvalue weighted by molar-refractivity contribution is 0.0342. The van der Waals surface area contributed by atoms with Crippen molar-refractivity contribution in [2.45, 2.75) is 6.54 Å². The van der Waals surface area contributed by atoms with Crippen LogP contribution < -0.4 is 4.74 Å². The largest absolute Gasteiger partial charge is 0.495 e. The number of rotatable bonds is 5. The monoisotopic (exact) mass is 488 g/mol. The Kier molecular flexibility index (Phi) is 6.21. The second-order valence-corrected chi connectivity index (χ2v) is 8.82. The molecule has 2 heterocycles. The van der Waals surface area contributed by atoms with Gasteiger partial charge in [-0.05, 0) is 55.7 Å². The molecule has 4 aromatic rings. The minimum absolute atomic E-state index is 0.825. The number of methoxy groups -OCH3 is 1. The average molecular weight is 489 g/mol. The van der Waals surface area contributed by atoms with Gasteiger partial charge in [-0.25, -0.2) is 0 Å². The molecule has 162 valence electrons. The van der Waals surface area contributed by atoms with Gasteiger partial charge in [-0.1, -0.05) is 48.5 Å². The molecule has 1 saturated heterocycles. The zero-order valence-corrected chi connectivity index (χ0v) is 19.6. The molecule has 1 aliphatic rings. The van der Waals surface area contributed by atoms with Crippen LogP contribution in [0.5, 0.6) is 5.75 Å². The summed E-state index contributed by atoms with van der Waals surface area (Å²) in [6.07, 6.45) is 3.67. The summed E-state index contributed by atoms with van der Waals surface area (Å²) in [5, 5.41) is 2.17. The third-order valence-corrected chi connectivity index (χ3v) is 6.82. The number of nitrogens with zero attached hydrogens (tertiary/aromatic N) is 2. The van der Waals surface area contributed by atoms with Gasteiger partial charge in [-0.15, -0.1) is 0 Å². The molecule has 4 nitrogen and oxygen atoms in total. The molecule has 0 amide bonds. The van der Waals surface area contributed by atoms with Crippen LogP contribution in [0.3, 0.4) is 0 Å². The minimum Gasteiger partial charge on any atom is -0.495 e. The van der Waals surface area contributed by atoms with Crippen molar-refractivity contribution in [3.05, 3.63) is 83.1 Å². The first kappa shape index (κ1) is 21.1. The molecular formula is C27H25BrN2O2. The molecule has 32 heavy (non-hydrogen) atoms. The zero-order valence-electron chi connectivity index (χ0n) is 18.1. The first-order valence-electron chi connectivity index (χ1n) is 10.8. The third kappa shape index (κ3) is 4.29. The molecule has 3 aromatic carbocycles. The maximum atomic E-state index is 5.74. The Morgan fingerprint density at radius 2 is 1.59 bits per heavy atom. The first-order valence-corrected chi connectivity index (χ1v) is 11.6. The second-order valence-electron chi connectivity index (χ2n) is 8.03. The van der Waals surface area contributed by atoms with Gasteiger partial charge in [-0.2, -0.15) is 0 Å². The summed E-state index contributed by atoms with van der Waals surface area (Å²) in [4.78, 5) is 6.68. The molecule has 0 unspecified atom stereocenters. The van der Waals surface area contributed by atoms with Gasteiger partial charge in [0, 0.05) is 43.0 Å². The van der Waals surface area contributed by atoms with E-state index in [-0.39, 0.29) is 0 Å². The van der Waals surface area contributed by atoms with E-state index >= 15 is 0 Å². The Morgan fingerprint density at radius 3 is 2.28 bits per heavy atom. The highest BCUT2D eigenvalue weighted by atomic mass is 79.9. The number of benzene rings is 3. The highest BCUT2D eigenvalue weighted by Crippen LogP contribution is 2.41. The Labute approximate surface area is 196 Å². The molecule has 0 aliphatic carbocycles. The molecule has 1 fully saturated rings. The van der Waals surface area contributed by atoms with Crippen LogP contribution in [-0.4, -0.2) is 43.3 Å². The van der Waals surface area contributed by atoms with Gasteiger partial charge in [0.15, 0.2) is 0 Å². The van der Waals surface area contributed by atoms with Crippen molar-refractivity contribution < 1.29 is 9.47 Å². The van der Waals surface area contributed by atoms with Gasteiger partial charge in [0.2, 0.25) is 0 Å². The fourth-order valence-corrected chi connectivity index (χ4v) is 4.96. The quantitative estimate of drug-likeness (QED) is 0.336. The highest BCUT2D eigenvalue weighted by molar-refractivity contribution is 9.10. The maximum Gasteiger partial charge on any atom is 0.141 e. The highest BCUT2D eigenvalue weighted by Gasteiger charge is 2.14. The standard InChI is InChI=1S/C27H25BrN2O2/c1-31-27-24(16-23-10-11-29-17-25(23)26(27)28)22-8-6-21(7-9-22)20-4-2-19(3-5-20)18-30-12-14-32-15-13-30/h2-11,16-17H,12-15,18H2,1H3. The van der Waals surface area contributed by atoms with Gasteiger partial charge in [-0.3, -0.25) is 9.88 Å². The van der Waals surface area contributed by atoms with Crippen molar-refractivity contribution in [2.24, 2.45) is 0 Å². The van der Waals surface area contributed by atoms with Crippen LogP contribution >= 0.6 is 15.9 Å². The van der Waals surface area contributed by atoms with E-state index < -0.39 is 0 Å². The molecule has 0 radical (unpaired) electrons. The summed E-state index contributed by atoms with van der Waals surface area (Å²) in [5.41, 5.74) is 5.95. The van der Waals surface area contributed by atoms with Crippen molar-refractivity contribution >= 4 is 26.7 Å². The lowest BCUT2D eigenvalue weighted by atomic mass is 9.97. The van der Waals surface area contributed by atoms with Gasteiger partial charge >= 0.3 is 0 Å². The number of morpholine rings is 1.